The lowest BCUT2D eigenvalue weighted by atomic mass is 9.94. The van der Waals surface area contributed by atoms with Crippen LogP contribution < -0.4 is 0 Å². The molecule has 1 N–H and O–H groups in total. The fourth-order valence-electron chi connectivity index (χ4n) is 2.96. The molecular weight excluding hydrogens is 351 g/mol. The van der Waals surface area contributed by atoms with Crippen LogP contribution in [-0.4, -0.2) is 10.9 Å². The number of alkyl halides is 1. The lowest BCUT2D eigenvalue weighted by Gasteiger charge is -2.11. The van der Waals surface area contributed by atoms with E-state index in [2.05, 4.69) is 0 Å². The molecule has 0 atom stereocenters. The third-order valence-electron chi connectivity index (χ3n) is 4.32. The van der Waals surface area contributed by atoms with E-state index in [9.17, 15) is 14.3 Å². The van der Waals surface area contributed by atoms with E-state index >= 15 is 0 Å². The summed E-state index contributed by atoms with van der Waals surface area (Å²) in [5.41, 5.74) is 3.22. The molecule has 0 saturated heterocycles. The molecule has 132 valence electrons. The largest absolute Gasteiger partial charge is 0.507 e. The molecule has 0 aliphatic carbocycles. The van der Waals surface area contributed by atoms with Crippen molar-refractivity contribution in [3.8, 4) is 16.9 Å². The zero-order chi connectivity index (χ0) is 18.5. The van der Waals surface area contributed by atoms with Crippen molar-refractivity contribution in [3.63, 3.8) is 0 Å². The molecule has 0 aromatic heterocycles. The number of Topliss-reactive ketones (excluding diaryl/α,β-unsaturated/α-hetero) is 1. The van der Waals surface area contributed by atoms with Gasteiger partial charge in [0.1, 0.15) is 11.6 Å². The second-order valence-corrected chi connectivity index (χ2v) is 6.31. The van der Waals surface area contributed by atoms with Crippen molar-refractivity contribution in [1.82, 2.24) is 0 Å². The Balaban J connectivity index is 1.81. The van der Waals surface area contributed by atoms with E-state index in [1.807, 2.05) is 24.3 Å². The first kappa shape index (κ1) is 18.2. The number of rotatable bonds is 6. The van der Waals surface area contributed by atoms with E-state index in [0.717, 1.165) is 16.7 Å². The molecule has 0 radical (unpaired) electrons. The first-order chi connectivity index (χ1) is 12.6. The molecule has 0 saturated carbocycles. The summed E-state index contributed by atoms with van der Waals surface area (Å²) in [5.74, 6) is -0.235. The summed E-state index contributed by atoms with van der Waals surface area (Å²) in [4.78, 5) is 12.5. The Labute approximate surface area is 156 Å². The summed E-state index contributed by atoms with van der Waals surface area (Å²) < 4.78 is 14.1. The van der Waals surface area contributed by atoms with Gasteiger partial charge in [-0.3, -0.25) is 4.79 Å². The molecule has 0 unspecified atom stereocenters. The highest BCUT2D eigenvalue weighted by atomic mass is 35.5. The summed E-state index contributed by atoms with van der Waals surface area (Å²) in [6.07, 6.45) is 0.680. The van der Waals surface area contributed by atoms with Gasteiger partial charge >= 0.3 is 0 Å². The van der Waals surface area contributed by atoms with E-state index in [1.54, 1.807) is 30.3 Å². The van der Waals surface area contributed by atoms with E-state index in [-0.39, 0.29) is 35.2 Å². The first-order valence-corrected chi connectivity index (χ1v) is 8.87. The third kappa shape index (κ3) is 3.94. The zero-order valence-corrected chi connectivity index (χ0v) is 14.8. The molecule has 0 fully saturated rings. The number of aryl methyl sites for hydroxylation is 1. The summed E-state index contributed by atoms with van der Waals surface area (Å²) in [5, 5.41) is 10.0. The van der Waals surface area contributed by atoms with Crippen molar-refractivity contribution in [2.45, 2.75) is 18.7 Å². The Hall–Kier alpha value is -2.65. The average Bonchev–Trinajstić information content (AvgIpc) is 2.66. The van der Waals surface area contributed by atoms with E-state index in [4.69, 9.17) is 11.6 Å². The molecule has 0 amide bonds. The van der Waals surface area contributed by atoms with Gasteiger partial charge in [-0.25, -0.2) is 4.39 Å². The molecule has 0 heterocycles. The van der Waals surface area contributed by atoms with Crippen LogP contribution >= 0.6 is 11.6 Å². The van der Waals surface area contributed by atoms with Crippen molar-refractivity contribution < 1.29 is 14.3 Å². The van der Waals surface area contributed by atoms with Crippen LogP contribution in [0.2, 0.25) is 0 Å². The Morgan fingerprint density at radius 3 is 2.35 bits per heavy atom. The Bertz CT molecular complexity index is 937. The molecule has 3 aromatic rings. The number of hydrogen-bond acceptors (Lipinski definition) is 2. The Kier molecular flexibility index (Phi) is 5.69. The Morgan fingerprint density at radius 1 is 0.962 bits per heavy atom. The van der Waals surface area contributed by atoms with Crippen LogP contribution in [0.15, 0.2) is 66.7 Å². The monoisotopic (exact) mass is 368 g/mol. The van der Waals surface area contributed by atoms with Crippen LogP contribution in [0.4, 0.5) is 4.39 Å². The van der Waals surface area contributed by atoms with Gasteiger partial charge in [0, 0.05) is 17.9 Å². The molecule has 26 heavy (non-hydrogen) atoms. The van der Waals surface area contributed by atoms with Gasteiger partial charge in [-0.2, -0.15) is 0 Å². The maximum Gasteiger partial charge on any atom is 0.166 e. The van der Waals surface area contributed by atoms with E-state index in [0.29, 0.717) is 12.0 Å². The number of ketones is 1. The molecule has 0 aliphatic heterocycles. The predicted molar refractivity (Wildman–Crippen MR) is 102 cm³/mol. The lowest BCUT2D eigenvalue weighted by Crippen LogP contribution is -2.03. The number of phenols is 1. The minimum Gasteiger partial charge on any atom is -0.507 e. The molecule has 0 aliphatic rings. The van der Waals surface area contributed by atoms with Gasteiger partial charge in [0.15, 0.2) is 5.78 Å². The average molecular weight is 369 g/mol. The van der Waals surface area contributed by atoms with E-state index < -0.39 is 0 Å². The smallest absolute Gasteiger partial charge is 0.166 e. The van der Waals surface area contributed by atoms with Crippen molar-refractivity contribution in [2.75, 3.05) is 0 Å². The van der Waals surface area contributed by atoms with Crippen LogP contribution in [0.3, 0.4) is 0 Å². The predicted octanol–water partition coefficient (Wildman–Crippen LogP) is 5.75. The van der Waals surface area contributed by atoms with Crippen LogP contribution in [0, 0.1) is 5.82 Å². The number of phenolic OH excluding ortho intramolecular Hbond substituents is 1. The zero-order valence-electron chi connectivity index (χ0n) is 14.1. The third-order valence-corrected chi connectivity index (χ3v) is 4.63. The molecular formula is C22H18ClFO2. The number of halogens is 2. The number of carbonyl (C=O) groups is 1. The van der Waals surface area contributed by atoms with Gasteiger partial charge in [-0.15, -0.1) is 11.6 Å². The summed E-state index contributed by atoms with van der Waals surface area (Å²) >= 11 is 5.73. The molecule has 0 spiro atoms. The topological polar surface area (TPSA) is 37.3 Å². The van der Waals surface area contributed by atoms with Crippen molar-refractivity contribution in [1.29, 1.82) is 0 Å². The minimum atomic E-state index is -0.291. The maximum absolute atomic E-state index is 14.1. The molecule has 4 heteroatoms. The van der Waals surface area contributed by atoms with Gasteiger partial charge < -0.3 is 5.11 Å². The van der Waals surface area contributed by atoms with Gasteiger partial charge in [0.25, 0.3) is 0 Å². The van der Waals surface area contributed by atoms with Gasteiger partial charge in [0.05, 0.1) is 5.56 Å². The molecule has 3 aromatic carbocycles. The second kappa shape index (κ2) is 8.15. The van der Waals surface area contributed by atoms with Crippen LogP contribution in [0.5, 0.6) is 5.75 Å². The molecule has 2 nitrogen and oxygen atoms in total. The van der Waals surface area contributed by atoms with E-state index in [1.165, 1.54) is 12.1 Å². The molecule has 0 bridgehead atoms. The van der Waals surface area contributed by atoms with Gasteiger partial charge in [-0.05, 0) is 41.3 Å². The van der Waals surface area contributed by atoms with Crippen LogP contribution in [-0.2, 0) is 12.3 Å². The lowest BCUT2D eigenvalue weighted by molar-refractivity contribution is 0.0980. The highest BCUT2D eigenvalue weighted by Crippen LogP contribution is 2.28. The maximum atomic E-state index is 14.1. The summed E-state index contributed by atoms with van der Waals surface area (Å²) in [6, 6.07) is 18.9. The van der Waals surface area contributed by atoms with Gasteiger partial charge in [-0.1, -0.05) is 48.5 Å². The fourth-order valence-corrected chi connectivity index (χ4v) is 3.13. The minimum absolute atomic E-state index is 0.0597. The summed E-state index contributed by atoms with van der Waals surface area (Å²) in [7, 11) is 0. The molecule has 3 rings (SSSR count). The standard InChI is InChI=1S/C22H18ClFO2/c23-14-15-9-11-19(22(26)13-15)21(25)12-10-16-5-1-2-6-17(16)18-7-3-4-8-20(18)24/h1-9,11,13,26H,10,12,14H2. The number of carbonyl (C=O) groups excluding carboxylic acids is 1. The van der Waals surface area contributed by atoms with Crippen molar-refractivity contribution >= 4 is 17.4 Å². The second-order valence-electron chi connectivity index (χ2n) is 6.05. The summed E-state index contributed by atoms with van der Waals surface area (Å²) in [6.45, 7) is 0. The highest BCUT2D eigenvalue weighted by molar-refractivity contribution is 6.17. The fraction of sp³-hybridized carbons (Fsp3) is 0.136. The first-order valence-electron chi connectivity index (χ1n) is 8.34. The van der Waals surface area contributed by atoms with Crippen LogP contribution in [0.25, 0.3) is 11.1 Å². The van der Waals surface area contributed by atoms with Gasteiger partial charge in [0.2, 0.25) is 0 Å². The SMILES string of the molecule is O=C(CCc1ccccc1-c1ccccc1F)c1ccc(CCl)cc1O. The highest BCUT2D eigenvalue weighted by Gasteiger charge is 2.14. The number of benzene rings is 3. The number of hydrogen-bond donors (Lipinski definition) is 1. The van der Waals surface area contributed by atoms with Crippen molar-refractivity contribution in [3.05, 3.63) is 89.2 Å². The normalized spacial score (nSPS) is 10.7. The quantitative estimate of drug-likeness (QED) is 0.444. The number of aromatic hydroxyl groups is 1. The van der Waals surface area contributed by atoms with Crippen molar-refractivity contribution in [2.24, 2.45) is 0 Å². The Morgan fingerprint density at radius 2 is 1.65 bits per heavy atom. The van der Waals surface area contributed by atoms with Crippen LogP contribution in [0.1, 0.15) is 27.9 Å².